The van der Waals surface area contributed by atoms with Crippen molar-refractivity contribution in [2.75, 3.05) is 6.54 Å². The topological polar surface area (TPSA) is 92.2 Å². The van der Waals surface area contributed by atoms with Crippen LogP contribution in [-0.4, -0.2) is 39.7 Å². The van der Waals surface area contributed by atoms with E-state index in [9.17, 15) is 22.8 Å². The van der Waals surface area contributed by atoms with E-state index in [1.165, 1.54) is 18.5 Å². The number of carboxylic acids is 1. The van der Waals surface area contributed by atoms with Crippen LogP contribution < -0.4 is 5.32 Å². The van der Waals surface area contributed by atoms with E-state index in [1.807, 2.05) is 5.32 Å². The average molecular weight is 353 g/mol. The molecule has 1 aromatic heterocycles. The summed E-state index contributed by atoms with van der Waals surface area (Å²) in [7, 11) is 0. The fraction of sp³-hybridized carbons (Fsp3) is 0.250. The quantitative estimate of drug-likeness (QED) is 0.829. The standard InChI is InChI=1S/C16H14F3N3O3/c17-16(18,19)9-22-15(25)12-4-2-1-3-11(12)6-13-20-7-10(8-21-13)5-14(23)24/h1-4,7-8H,5-6,9H2,(H,22,25)(H,23,24). The van der Waals surface area contributed by atoms with Crippen LogP contribution in [0.4, 0.5) is 13.2 Å². The van der Waals surface area contributed by atoms with Crippen LogP contribution in [0.2, 0.25) is 0 Å². The van der Waals surface area contributed by atoms with Gasteiger partial charge < -0.3 is 10.4 Å². The van der Waals surface area contributed by atoms with E-state index in [4.69, 9.17) is 5.11 Å². The molecule has 9 heteroatoms. The lowest BCUT2D eigenvalue weighted by molar-refractivity contribution is -0.136. The van der Waals surface area contributed by atoms with E-state index in [1.54, 1.807) is 18.2 Å². The number of carboxylic acid groups (broad SMARTS) is 1. The number of halogens is 3. The van der Waals surface area contributed by atoms with E-state index in [0.717, 1.165) is 0 Å². The summed E-state index contributed by atoms with van der Waals surface area (Å²) < 4.78 is 36.7. The Morgan fingerprint density at radius 2 is 1.76 bits per heavy atom. The maximum atomic E-state index is 12.2. The van der Waals surface area contributed by atoms with E-state index in [-0.39, 0.29) is 18.4 Å². The molecule has 1 amide bonds. The van der Waals surface area contributed by atoms with Crippen LogP contribution in [0.15, 0.2) is 36.7 Å². The highest BCUT2D eigenvalue weighted by Crippen LogP contribution is 2.15. The number of carbonyl (C=O) groups excluding carboxylic acids is 1. The van der Waals surface area contributed by atoms with Crippen molar-refractivity contribution in [3.05, 3.63) is 59.2 Å². The number of aliphatic carboxylic acids is 1. The van der Waals surface area contributed by atoms with Crippen LogP contribution in [0.1, 0.15) is 27.3 Å². The van der Waals surface area contributed by atoms with Crippen molar-refractivity contribution in [3.63, 3.8) is 0 Å². The molecule has 0 radical (unpaired) electrons. The molecule has 0 saturated heterocycles. The molecule has 0 bridgehead atoms. The molecule has 0 aliphatic rings. The summed E-state index contributed by atoms with van der Waals surface area (Å²) in [4.78, 5) is 30.6. The molecule has 2 rings (SSSR count). The van der Waals surface area contributed by atoms with Gasteiger partial charge in [0.1, 0.15) is 12.4 Å². The second-order valence-electron chi connectivity index (χ2n) is 5.21. The van der Waals surface area contributed by atoms with Gasteiger partial charge in [-0.3, -0.25) is 9.59 Å². The molecule has 0 unspecified atom stereocenters. The molecule has 1 aromatic carbocycles. The number of aromatic nitrogens is 2. The molecular formula is C16H14F3N3O3. The number of hydrogen-bond donors (Lipinski definition) is 2. The van der Waals surface area contributed by atoms with Crippen LogP contribution in [0.5, 0.6) is 0 Å². The molecule has 132 valence electrons. The summed E-state index contributed by atoms with van der Waals surface area (Å²) in [5.74, 6) is -1.52. The first kappa shape index (κ1) is 18.4. The minimum absolute atomic E-state index is 0.102. The van der Waals surface area contributed by atoms with Crippen molar-refractivity contribution < 1.29 is 27.9 Å². The van der Waals surface area contributed by atoms with Crippen LogP contribution >= 0.6 is 0 Å². The van der Waals surface area contributed by atoms with Gasteiger partial charge in [-0.2, -0.15) is 13.2 Å². The smallest absolute Gasteiger partial charge is 0.405 e. The number of nitrogens with zero attached hydrogens (tertiary/aromatic N) is 2. The van der Waals surface area contributed by atoms with Crippen LogP contribution in [0.3, 0.4) is 0 Å². The number of carbonyl (C=O) groups is 2. The van der Waals surface area contributed by atoms with Crippen molar-refractivity contribution in [1.82, 2.24) is 15.3 Å². The highest BCUT2D eigenvalue weighted by molar-refractivity contribution is 5.95. The van der Waals surface area contributed by atoms with Gasteiger partial charge in [0, 0.05) is 24.4 Å². The fourth-order valence-corrected chi connectivity index (χ4v) is 2.08. The summed E-state index contributed by atoms with van der Waals surface area (Å²) >= 11 is 0. The van der Waals surface area contributed by atoms with Gasteiger partial charge in [0.15, 0.2) is 0 Å². The molecule has 25 heavy (non-hydrogen) atoms. The zero-order valence-electron chi connectivity index (χ0n) is 12.9. The van der Waals surface area contributed by atoms with Gasteiger partial charge in [0.05, 0.1) is 6.42 Å². The molecule has 2 aromatic rings. The van der Waals surface area contributed by atoms with Gasteiger partial charge in [-0.1, -0.05) is 18.2 Å². The van der Waals surface area contributed by atoms with Crippen LogP contribution in [-0.2, 0) is 17.6 Å². The molecule has 0 atom stereocenters. The van der Waals surface area contributed by atoms with Gasteiger partial charge in [-0.25, -0.2) is 9.97 Å². The van der Waals surface area contributed by atoms with Crippen molar-refractivity contribution in [2.24, 2.45) is 0 Å². The zero-order chi connectivity index (χ0) is 18.4. The summed E-state index contributed by atoms with van der Waals surface area (Å²) in [6, 6.07) is 6.20. The lowest BCUT2D eigenvalue weighted by Gasteiger charge is -2.11. The average Bonchev–Trinajstić information content (AvgIpc) is 2.54. The second-order valence-corrected chi connectivity index (χ2v) is 5.21. The second kappa shape index (κ2) is 7.73. The Kier molecular flexibility index (Phi) is 5.68. The van der Waals surface area contributed by atoms with E-state index in [2.05, 4.69) is 9.97 Å². The number of amides is 1. The van der Waals surface area contributed by atoms with Crippen molar-refractivity contribution in [2.45, 2.75) is 19.0 Å². The minimum atomic E-state index is -4.49. The Bertz CT molecular complexity index is 761. The van der Waals surface area contributed by atoms with Gasteiger partial charge in [-0.05, 0) is 17.2 Å². The molecule has 0 spiro atoms. The Labute approximate surface area is 140 Å². The van der Waals surface area contributed by atoms with Crippen molar-refractivity contribution >= 4 is 11.9 Å². The van der Waals surface area contributed by atoms with E-state index < -0.39 is 24.6 Å². The number of alkyl halides is 3. The summed E-state index contributed by atoms with van der Waals surface area (Å²) in [5, 5.41) is 10.5. The van der Waals surface area contributed by atoms with Gasteiger partial charge >= 0.3 is 12.1 Å². The first-order valence-corrected chi connectivity index (χ1v) is 7.19. The third kappa shape index (κ3) is 5.87. The van der Waals surface area contributed by atoms with Crippen molar-refractivity contribution in [1.29, 1.82) is 0 Å². The number of rotatable bonds is 6. The molecule has 0 aliphatic heterocycles. The first-order chi connectivity index (χ1) is 11.7. The van der Waals surface area contributed by atoms with Crippen LogP contribution in [0.25, 0.3) is 0 Å². The summed E-state index contributed by atoms with van der Waals surface area (Å²) in [6.45, 7) is -1.42. The number of hydrogen-bond acceptors (Lipinski definition) is 4. The van der Waals surface area contributed by atoms with E-state index in [0.29, 0.717) is 17.0 Å². The molecule has 0 aliphatic carbocycles. The van der Waals surface area contributed by atoms with Gasteiger partial charge in [0.2, 0.25) is 0 Å². The Morgan fingerprint density at radius 3 is 2.36 bits per heavy atom. The SMILES string of the molecule is O=C(O)Cc1cnc(Cc2ccccc2C(=O)NCC(F)(F)F)nc1. The highest BCUT2D eigenvalue weighted by Gasteiger charge is 2.28. The molecule has 6 nitrogen and oxygen atoms in total. The van der Waals surface area contributed by atoms with Gasteiger partial charge in [-0.15, -0.1) is 0 Å². The molecule has 1 heterocycles. The van der Waals surface area contributed by atoms with E-state index >= 15 is 0 Å². The Morgan fingerprint density at radius 1 is 1.12 bits per heavy atom. The number of benzene rings is 1. The third-order valence-electron chi connectivity index (χ3n) is 3.17. The normalized spacial score (nSPS) is 11.2. The highest BCUT2D eigenvalue weighted by atomic mass is 19.4. The fourth-order valence-electron chi connectivity index (χ4n) is 2.08. The van der Waals surface area contributed by atoms with Gasteiger partial charge in [0.25, 0.3) is 5.91 Å². The monoisotopic (exact) mass is 353 g/mol. The predicted octanol–water partition coefficient (Wildman–Crippen LogP) is 1.99. The molecule has 0 saturated carbocycles. The molecule has 0 fully saturated rings. The largest absolute Gasteiger partial charge is 0.481 e. The minimum Gasteiger partial charge on any atom is -0.481 e. The lowest BCUT2D eigenvalue weighted by atomic mass is 10.0. The van der Waals surface area contributed by atoms with Crippen molar-refractivity contribution in [3.8, 4) is 0 Å². The zero-order valence-corrected chi connectivity index (χ0v) is 12.9. The van der Waals surface area contributed by atoms with Crippen LogP contribution in [0, 0.1) is 0 Å². The third-order valence-corrected chi connectivity index (χ3v) is 3.17. The molecular weight excluding hydrogens is 339 g/mol. The number of nitrogens with one attached hydrogen (secondary N) is 1. The Hall–Kier alpha value is -2.97. The maximum Gasteiger partial charge on any atom is 0.405 e. The molecule has 2 N–H and O–H groups in total. The maximum absolute atomic E-state index is 12.2. The Balaban J connectivity index is 2.12. The predicted molar refractivity (Wildman–Crippen MR) is 81.0 cm³/mol. The summed E-state index contributed by atoms with van der Waals surface area (Å²) in [6.07, 6.45) is -1.85. The first-order valence-electron chi connectivity index (χ1n) is 7.19. The summed E-state index contributed by atoms with van der Waals surface area (Å²) in [5.41, 5.74) is 0.991. The lowest BCUT2D eigenvalue weighted by Crippen LogP contribution is -2.34.